The summed E-state index contributed by atoms with van der Waals surface area (Å²) in [6, 6.07) is 0. The molecule has 6 nitrogen and oxygen atoms in total. The Morgan fingerprint density at radius 3 is 2.61 bits per heavy atom. The molecular formula is C12H19N3O3. The van der Waals surface area contributed by atoms with E-state index < -0.39 is 23.2 Å². The Hall–Kier alpha value is -1.85. The van der Waals surface area contributed by atoms with Crippen molar-refractivity contribution < 1.29 is 14.7 Å². The van der Waals surface area contributed by atoms with E-state index in [1.807, 2.05) is 0 Å². The number of carbonyl (C=O) groups is 2. The molecule has 1 unspecified atom stereocenters. The second kappa shape index (κ2) is 5.66. The van der Waals surface area contributed by atoms with Crippen molar-refractivity contribution in [2.45, 2.75) is 27.2 Å². The minimum absolute atomic E-state index is 0.367. The van der Waals surface area contributed by atoms with Crippen LogP contribution in [0.15, 0.2) is 12.4 Å². The molecule has 0 aliphatic rings. The van der Waals surface area contributed by atoms with Gasteiger partial charge in [-0.2, -0.15) is 0 Å². The zero-order chi connectivity index (χ0) is 13.8. The van der Waals surface area contributed by atoms with Gasteiger partial charge in [0.15, 0.2) is 0 Å². The van der Waals surface area contributed by atoms with Gasteiger partial charge in [0, 0.05) is 25.4 Å². The van der Waals surface area contributed by atoms with Gasteiger partial charge in [-0.25, -0.2) is 4.98 Å². The van der Waals surface area contributed by atoms with Gasteiger partial charge in [0.1, 0.15) is 11.7 Å². The standard InChI is InChI=1S/C12H19N3O3/c1-12(2,3)9(11(17)18)10(16)15-5-4-8-13-6-7-14-8/h6-7,9H,4-5H2,1-3H3,(H,13,14)(H,15,16)(H,17,18). The van der Waals surface area contributed by atoms with E-state index in [2.05, 4.69) is 15.3 Å². The molecule has 1 rings (SSSR count). The van der Waals surface area contributed by atoms with Gasteiger partial charge in [0.25, 0.3) is 0 Å². The number of H-pyrrole nitrogens is 1. The number of carboxylic acid groups (broad SMARTS) is 1. The quantitative estimate of drug-likeness (QED) is 0.677. The van der Waals surface area contributed by atoms with E-state index in [0.717, 1.165) is 5.82 Å². The predicted molar refractivity (Wildman–Crippen MR) is 65.9 cm³/mol. The summed E-state index contributed by atoms with van der Waals surface area (Å²) in [5, 5.41) is 11.7. The summed E-state index contributed by atoms with van der Waals surface area (Å²) in [6.45, 7) is 5.57. The molecule has 1 aromatic rings. The van der Waals surface area contributed by atoms with Gasteiger partial charge < -0.3 is 15.4 Å². The van der Waals surface area contributed by atoms with Crippen LogP contribution in [0.25, 0.3) is 0 Å². The van der Waals surface area contributed by atoms with Gasteiger partial charge >= 0.3 is 5.97 Å². The number of nitrogens with one attached hydrogen (secondary N) is 2. The molecule has 0 spiro atoms. The first-order chi connectivity index (χ1) is 8.32. The highest BCUT2D eigenvalue weighted by Gasteiger charge is 2.37. The summed E-state index contributed by atoms with van der Waals surface area (Å²) >= 11 is 0. The fraction of sp³-hybridized carbons (Fsp3) is 0.583. The summed E-state index contributed by atoms with van der Waals surface area (Å²) < 4.78 is 0. The monoisotopic (exact) mass is 253 g/mol. The number of aliphatic carboxylic acids is 1. The zero-order valence-corrected chi connectivity index (χ0v) is 10.9. The first-order valence-corrected chi connectivity index (χ1v) is 5.81. The molecule has 0 saturated carbocycles. The maximum Gasteiger partial charge on any atom is 0.316 e. The van der Waals surface area contributed by atoms with E-state index in [-0.39, 0.29) is 0 Å². The lowest BCUT2D eigenvalue weighted by atomic mass is 9.80. The van der Waals surface area contributed by atoms with Crippen molar-refractivity contribution in [3.63, 3.8) is 0 Å². The fourth-order valence-corrected chi connectivity index (χ4v) is 1.72. The van der Waals surface area contributed by atoms with Crippen LogP contribution in [-0.2, 0) is 16.0 Å². The van der Waals surface area contributed by atoms with Gasteiger partial charge in [-0.3, -0.25) is 9.59 Å². The summed E-state index contributed by atoms with van der Waals surface area (Å²) in [7, 11) is 0. The molecule has 1 aromatic heterocycles. The van der Waals surface area contributed by atoms with Crippen LogP contribution in [-0.4, -0.2) is 33.5 Å². The summed E-state index contributed by atoms with van der Waals surface area (Å²) in [5.74, 6) is -1.84. The Balaban J connectivity index is 2.50. The average molecular weight is 253 g/mol. The molecule has 0 radical (unpaired) electrons. The van der Waals surface area contributed by atoms with Crippen LogP contribution >= 0.6 is 0 Å². The topological polar surface area (TPSA) is 95.1 Å². The Bertz CT molecular complexity index is 407. The molecular weight excluding hydrogens is 234 g/mol. The SMILES string of the molecule is CC(C)(C)C(C(=O)O)C(=O)NCCc1ncc[nH]1. The summed E-state index contributed by atoms with van der Waals surface area (Å²) in [5.41, 5.74) is -0.611. The van der Waals surface area contributed by atoms with Crippen LogP contribution < -0.4 is 5.32 Å². The maximum absolute atomic E-state index is 11.8. The number of aromatic nitrogens is 2. The lowest BCUT2D eigenvalue weighted by Gasteiger charge is -2.25. The van der Waals surface area contributed by atoms with Crippen LogP contribution in [0.5, 0.6) is 0 Å². The number of rotatable bonds is 5. The van der Waals surface area contributed by atoms with Crippen molar-refractivity contribution in [2.24, 2.45) is 11.3 Å². The minimum Gasteiger partial charge on any atom is -0.481 e. The summed E-state index contributed by atoms with van der Waals surface area (Å²) in [4.78, 5) is 29.9. The third-order valence-corrected chi connectivity index (χ3v) is 2.59. The lowest BCUT2D eigenvalue weighted by molar-refractivity contribution is -0.151. The number of nitrogens with zero attached hydrogens (tertiary/aromatic N) is 1. The van der Waals surface area contributed by atoms with Gasteiger partial charge in [-0.1, -0.05) is 20.8 Å². The highest BCUT2D eigenvalue weighted by molar-refractivity contribution is 5.97. The molecule has 18 heavy (non-hydrogen) atoms. The molecule has 100 valence electrons. The second-order valence-corrected chi connectivity index (χ2v) is 5.21. The molecule has 1 heterocycles. The lowest BCUT2D eigenvalue weighted by Crippen LogP contribution is -2.43. The number of carboxylic acids is 1. The van der Waals surface area contributed by atoms with Crippen molar-refractivity contribution >= 4 is 11.9 Å². The van der Waals surface area contributed by atoms with Crippen molar-refractivity contribution in [2.75, 3.05) is 6.54 Å². The van der Waals surface area contributed by atoms with Gasteiger partial charge in [0.05, 0.1) is 0 Å². The minimum atomic E-state index is -1.10. The number of amides is 1. The van der Waals surface area contributed by atoms with Crippen molar-refractivity contribution in [1.29, 1.82) is 0 Å². The highest BCUT2D eigenvalue weighted by Crippen LogP contribution is 2.26. The Kier molecular flexibility index (Phi) is 4.47. The van der Waals surface area contributed by atoms with E-state index in [9.17, 15) is 9.59 Å². The van der Waals surface area contributed by atoms with Gasteiger partial charge in [-0.15, -0.1) is 0 Å². The predicted octanol–water partition coefficient (Wildman–Crippen LogP) is 0.815. The van der Waals surface area contributed by atoms with Crippen LogP contribution in [0.4, 0.5) is 0 Å². The third-order valence-electron chi connectivity index (χ3n) is 2.59. The van der Waals surface area contributed by atoms with Crippen LogP contribution in [0.1, 0.15) is 26.6 Å². The molecule has 0 aliphatic carbocycles. The smallest absolute Gasteiger partial charge is 0.316 e. The van der Waals surface area contributed by atoms with Crippen molar-refractivity contribution in [3.05, 3.63) is 18.2 Å². The van der Waals surface area contributed by atoms with Crippen molar-refractivity contribution in [3.8, 4) is 0 Å². The van der Waals surface area contributed by atoms with E-state index in [4.69, 9.17) is 5.11 Å². The first kappa shape index (κ1) is 14.2. The van der Waals surface area contributed by atoms with Gasteiger partial charge in [0.2, 0.25) is 5.91 Å². The molecule has 3 N–H and O–H groups in total. The Morgan fingerprint density at radius 2 is 2.17 bits per heavy atom. The third kappa shape index (κ3) is 3.87. The number of hydrogen-bond donors (Lipinski definition) is 3. The molecule has 0 aromatic carbocycles. The number of carbonyl (C=O) groups excluding carboxylic acids is 1. The fourth-order valence-electron chi connectivity index (χ4n) is 1.72. The van der Waals surface area contributed by atoms with Crippen LogP contribution in [0.3, 0.4) is 0 Å². The zero-order valence-electron chi connectivity index (χ0n) is 10.9. The molecule has 0 aliphatic heterocycles. The van der Waals surface area contributed by atoms with E-state index in [1.54, 1.807) is 33.2 Å². The number of aromatic amines is 1. The largest absolute Gasteiger partial charge is 0.481 e. The molecule has 0 saturated heterocycles. The van der Waals surface area contributed by atoms with Crippen LogP contribution in [0.2, 0.25) is 0 Å². The van der Waals surface area contributed by atoms with E-state index in [1.165, 1.54) is 0 Å². The number of imidazole rings is 1. The van der Waals surface area contributed by atoms with Gasteiger partial charge in [-0.05, 0) is 5.41 Å². The average Bonchev–Trinajstić information content (AvgIpc) is 2.67. The summed E-state index contributed by atoms with van der Waals surface area (Å²) in [6.07, 6.45) is 3.88. The molecule has 0 fully saturated rings. The highest BCUT2D eigenvalue weighted by atomic mass is 16.4. The van der Waals surface area contributed by atoms with E-state index >= 15 is 0 Å². The normalized spacial score (nSPS) is 13.1. The second-order valence-electron chi connectivity index (χ2n) is 5.21. The van der Waals surface area contributed by atoms with Crippen molar-refractivity contribution in [1.82, 2.24) is 15.3 Å². The Morgan fingerprint density at radius 1 is 1.50 bits per heavy atom. The molecule has 1 amide bonds. The number of hydrogen-bond acceptors (Lipinski definition) is 3. The van der Waals surface area contributed by atoms with E-state index in [0.29, 0.717) is 13.0 Å². The maximum atomic E-state index is 11.8. The first-order valence-electron chi connectivity index (χ1n) is 5.81. The Labute approximate surface area is 106 Å². The molecule has 6 heteroatoms. The molecule has 1 atom stereocenters. The molecule has 0 bridgehead atoms. The van der Waals surface area contributed by atoms with Crippen LogP contribution in [0, 0.1) is 11.3 Å².